The first kappa shape index (κ1) is 19.9. The van der Waals surface area contributed by atoms with Crippen LogP contribution in [0.1, 0.15) is 13.8 Å². The number of thioether (sulfide) groups is 1. The number of ether oxygens (including phenoxy) is 1. The molecule has 1 aromatic heterocycles. The number of nitrogens with one attached hydrogen (secondary N) is 1. The molecule has 0 unspecified atom stereocenters. The number of aromatic nitrogens is 3. The van der Waals surface area contributed by atoms with Gasteiger partial charge in [0.15, 0.2) is 11.0 Å². The van der Waals surface area contributed by atoms with E-state index >= 15 is 0 Å². The van der Waals surface area contributed by atoms with Gasteiger partial charge in [-0.2, -0.15) is 0 Å². The number of carbonyl (C=O) groups is 1. The molecule has 0 bridgehead atoms. The van der Waals surface area contributed by atoms with Gasteiger partial charge in [0, 0.05) is 12.1 Å². The van der Waals surface area contributed by atoms with Crippen LogP contribution in [0.3, 0.4) is 0 Å². The lowest BCUT2D eigenvalue weighted by Crippen LogP contribution is -2.24. The van der Waals surface area contributed by atoms with Gasteiger partial charge in [0.25, 0.3) is 0 Å². The van der Waals surface area contributed by atoms with Crippen molar-refractivity contribution in [1.82, 2.24) is 20.1 Å². The minimum Gasteiger partial charge on any atom is -0.494 e. The Balaban J connectivity index is 2.00. The summed E-state index contributed by atoms with van der Waals surface area (Å²) < 4.78 is 21.6. The summed E-state index contributed by atoms with van der Waals surface area (Å²) >= 11 is 1.21. The summed E-state index contributed by atoms with van der Waals surface area (Å²) in [6.07, 6.45) is 0. The zero-order valence-electron chi connectivity index (χ0n) is 15.7. The van der Waals surface area contributed by atoms with Gasteiger partial charge >= 0.3 is 0 Å². The van der Waals surface area contributed by atoms with E-state index in [2.05, 4.69) is 15.5 Å². The quantitative estimate of drug-likeness (QED) is 0.584. The Labute approximate surface area is 167 Å². The lowest BCUT2D eigenvalue weighted by atomic mass is 10.2. The Hall–Kier alpha value is -2.87. The number of amides is 1. The predicted octanol–water partition coefficient (Wildman–Crippen LogP) is 3.70. The van der Waals surface area contributed by atoms with Crippen molar-refractivity contribution >= 4 is 17.7 Å². The van der Waals surface area contributed by atoms with E-state index in [-0.39, 0.29) is 11.7 Å². The van der Waals surface area contributed by atoms with Crippen molar-refractivity contribution in [2.24, 2.45) is 0 Å². The Morgan fingerprint density at radius 1 is 1.14 bits per heavy atom. The smallest absolute Gasteiger partial charge is 0.230 e. The number of hydrogen-bond acceptors (Lipinski definition) is 5. The second-order valence-corrected chi connectivity index (χ2v) is 6.74. The van der Waals surface area contributed by atoms with Crippen LogP contribution in [0.5, 0.6) is 5.75 Å². The Morgan fingerprint density at radius 3 is 2.57 bits per heavy atom. The van der Waals surface area contributed by atoms with Crippen LogP contribution in [0.15, 0.2) is 53.7 Å². The molecule has 28 heavy (non-hydrogen) atoms. The first-order valence-electron chi connectivity index (χ1n) is 8.97. The molecule has 1 amide bonds. The molecular weight excluding hydrogens is 379 g/mol. The average Bonchev–Trinajstić information content (AvgIpc) is 3.11. The standard InChI is InChI=1S/C20H21FN4O2S/c1-3-22-18(26)13-28-20-24-23-19(14-9-11-15(12-10-14)27-4-2)25(20)17-8-6-5-7-16(17)21/h5-12H,3-4,13H2,1-2H3,(H,22,26). The van der Waals surface area contributed by atoms with Crippen LogP contribution in [-0.2, 0) is 4.79 Å². The maximum atomic E-state index is 14.5. The number of halogens is 1. The zero-order valence-corrected chi connectivity index (χ0v) is 16.5. The van der Waals surface area contributed by atoms with E-state index in [0.29, 0.717) is 29.8 Å². The topological polar surface area (TPSA) is 69.0 Å². The van der Waals surface area contributed by atoms with Crippen molar-refractivity contribution < 1.29 is 13.9 Å². The number of nitrogens with zero attached hydrogens (tertiary/aromatic N) is 3. The lowest BCUT2D eigenvalue weighted by Gasteiger charge is -2.11. The van der Waals surface area contributed by atoms with E-state index < -0.39 is 5.82 Å². The van der Waals surface area contributed by atoms with Crippen LogP contribution in [0.2, 0.25) is 0 Å². The molecule has 146 valence electrons. The Bertz CT molecular complexity index is 944. The van der Waals surface area contributed by atoms with Gasteiger partial charge in [-0.15, -0.1) is 10.2 Å². The normalized spacial score (nSPS) is 10.7. The van der Waals surface area contributed by atoms with Crippen molar-refractivity contribution in [3.8, 4) is 22.8 Å². The van der Waals surface area contributed by atoms with Gasteiger partial charge in [0.2, 0.25) is 5.91 Å². The maximum Gasteiger partial charge on any atom is 0.230 e. The average molecular weight is 400 g/mol. The van der Waals surface area contributed by atoms with Crippen LogP contribution in [0.4, 0.5) is 4.39 Å². The summed E-state index contributed by atoms with van der Waals surface area (Å²) in [4.78, 5) is 11.8. The first-order valence-corrected chi connectivity index (χ1v) is 9.95. The molecule has 0 aliphatic heterocycles. The van der Waals surface area contributed by atoms with Crippen molar-refractivity contribution in [1.29, 1.82) is 0 Å². The summed E-state index contributed by atoms with van der Waals surface area (Å²) in [6, 6.07) is 13.8. The molecule has 0 fully saturated rings. The molecular formula is C20H21FN4O2S. The number of carbonyl (C=O) groups excluding carboxylic acids is 1. The lowest BCUT2D eigenvalue weighted by molar-refractivity contribution is -0.118. The van der Waals surface area contributed by atoms with Gasteiger partial charge in [-0.25, -0.2) is 4.39 Å². The summed E-state index contributed by atoms with van der Waals surface area (Å²) in [5.41, 5.74) is 1.10. The summed E-state index contributed by atoms with van der Waals surface area (Å²) in [7, 11) is 0. The van der Waals surface area contributed by atoms with Gasteiger partial charge in [-0.1, -0.05) is 23.9 Å². The third-order valence-corrected chi connectivity index (χ3v) is 4.79. The largest absolute Gasteiger partial charge is 0.494 e. The molecule has 1 heterocycles. The van der Waals surface area contributed by atoms with Gasteiger partial charge in [0.05, 0.1) is 18.0 Å². The summed E-state index contributed by atoms with van der Waals surface area (Å²) in [5, 5.41) is 11.6. The van der Waals surface area contributed by atoms with E-state index in [9.17, 15) is 9.18 Å². The minimum atomic E-state index is -0.394. The first-order chi connectivity index (χ1) is 13.6. The predicted molar refractivity (Wildman–Crippen MR) is 107 cm³/mol. The van der Waals surface area contributed by atoms with Crippen molar-refractivity contribution in [2.45, 2.75) is 19.0 Å². The van der Waals surface area contributed by atoms with Crippen molar-refractivity contribution in [2.75, 3.05) is 18.9 Å². The van der Waals surface area contributed by atoms with Gasteiger partial charge in [0.1, 0.15) is 11.6 Å². The molecule has 3 aromatic rings. The van der Waals surface area contributed by atoms with Crippen molar-refractivity contribution in [3.63, 3.8) is 0 Å². The molecule has 0 aliphatic rings. The van der Waals surface area contributed by atoms with Gasteiger partial charge in [-0.3, -0.25) is 9.36 Å². The van der Waals surface area contributed by atoms with E-state index in [1.54, 1.807) is 22.8 Å². The third kappa shape index (κ3) is 4.51. The highest BCUT2D eigenvalue weighted by Gasteiger charge is 2.19. The second kappa shape index (κ2) is 9.36. The van der Waals surface area contributed by atoms with Crippen LogP contribution < -0.4 is 10.1 Å². The Morgan fingerprint density at radius 2 is 1.89 bits per heavy atom. The van der Waals surface area contributed by atoms with Gasteiger partial charge < -0.3 is 10.1 Å². The maximum absolute atomic E-state index is 14.5. The Kier molecular flexibility index (Phi) is 6.65. The van der Waals surface area contributed by atoms with E-state index in [0.717, 1.165) is 11.3 Å². The molecule has 8 heteroatoms. The molecule has 0 aliphatic carbocycles. The second-order valence-electron chi connectivity index (χ2n) is 5.79. The highest BCUT2D eigenvalue weighted by Crippen LogP contribution is 2.30. The zero-order chi connectivity index (χ0) is 19.9. The molecule has 6 nitrogen and oxygen atoms in total. The molecule has 0 saturated heterocycles. The SMILES string of the molecule is CCNC(=O)CSc1nnc(-c2ccc(OCC)cc2)n1-c1ccccc1F. The fourth-order valence-electron chi connectivity index (χ4n) is 2.65. The highest BCUT2D eigenvalue weighted by molar-refractivity contribution is 7.99. The fraction of sp³-hybridized carbons (Fsp3) is 0.250. The van der Waals surface area contributed by atoms with E-state index in [1.165, 1.54) is 17.8 Å². The molecule has 0 spiro atoms. The number of benzene rings is 2. The molecule has 3 rings (SSSR count). The van der Waals surface area contributed by atoms with Gasteiger partial charge in [-0.05, 0) is 50.2 Å². The number of para-hydroxylation sites is 1. The number of rotatable bonds is 8. The van der Waals surface area contributed by atoms with Crippen LogP contribution in [-0.4, -0.2) is 39.6 Å². The molecule has 1 N–H and O–H groups in total. The van der Waals surface area contributed by atoms with Crippen LogP contribution in [0.25, 0.3) is 17.1 Å². The molecule has 2 aromatic carbocycles. The highest BCUT2D eigenvalue weighted by atomic mass is 32.2. The van der Waals surface area contributed by atoms with Crippen LogP contribution in [0, 0.1) is 5.82 Å². The van der Waals surface area contributed by atoms with Crippen LogP contribution >= 0.6 is 11.8 Å². The summed E-state index contributed by atoms with van der Waals surface area (Å²) in [6.45, 7) is 4.90. The fourth-order valence-corrected chi connectivity index (χ4v) is 3.42. The van der Waals surface area contributed by atoms with Crippen molar-refractivity contribution in [3.05, 3.63) is 54.3 Å². The molecule has 0 radical (unpaired) electrons. The van der Waals surface area contributed by atoms with E-state index in [4.69, 9.17) is 4.74 Å². The third-order valence-electron chi connectivity index (χ3n) is 3.86. The monoisotopic (exact) mass is 400 g/mol. The molecule has 0 atom stereocenters. The summed E-state index contributed by atoms with van der Waals surface area (Å²) in [5.74, 6) is 0.900. The minimum absolute atomic E-state index is 0.113. The number of hydrogen-bond donors (Lipinski definition) is 1. The van der Waals surface area contributed by atoms with E-state index in [1.807, 2.05) is 38.1 Å². The molecule has 0 saturated carbocycles.